The van der Waals surface area contributed by atoms with Crippen molar-refractivity contribution in [1.82, 2.24) is 5.32 Å². The maximum Gasteiger partial charge on any atom is 0.320 e. The molecule has 2 aromatic rings. The lowest BCUT2D eigenvalue weighted by molar-refractivity contribution is -0.140. The van der Waals surface area contributed by atoms with Crippen LogP contribution in [0.1, 0.15) is 31.4 Å². The first-order valence-corrected chi connectivity index (χ1v) is 9.22. The number of carboxylic acids is 1. The number of hydrogen-bond donors (Lipinski definition) is 2. The highest BCUT2D eigenvalue weighted by molar-refractivity contribution is 6.42. The maximum absolute atomic E-state index is 11.3. The van der Waals surface area contributed by atoms with Crippen molar-refractivity contribution >= 4 is 29.2 Å². The summed E-state index contributed by atoms with van der Waals surface area (Å²) in [5, 5.41) is 13.4. The summed E-state index contributed by atoms with van der Waals surface area (Å²) >= 11 is 11.9. The molecule has 0 spiro atoms. The zero-order valence-electron chi connectivity index (χ0n) is 14.8. The molecule has 2 aromatic carbocycles. The number of nitrogens with one attached hydrogen (secondary N) is 1. The Balaban J connectivity index is 1.87. The molecule has 0 aliphatic carbocycles. The minimum Gasteiger partial charge on any atom is -0.489 e. The van der Waals surface area contributed by atoms with Gasteiger partial charge in [0, 0.05) is 6.54 Å². The Hall–Kier alpha value is -1.75. The average molecular weight is 396 g/mol. The van der Waals surface area contributed by atoms with Crippen molar-refractivity contribution < 1.29 is 14.6 Å². The van der Waals surface area contributed by atoms with Gasteiger partial charge in [-0.05, 0) is 47.7 Å². The van der Waals surface area contributed by atoms with E-state index in [0.29, 0.717) is 35.5 Å². The summed E-state index contributed by atoms with van der Waals surface area (Å²) in [4.78, 5) is 11.3. The Morgan fingerprint density at radius 3 is 2.31 bits per heavy atom. The first-order chi connectivity index (χ1) is 12.3. The summed E-state index contributed by atoms with van der Waals surface area (Å²) < 4.78 is 5.74. The van der Waals surface area contributed by atoms with Crippen molar-refractivity contribution in [3.05, 3.63) is 63.6 Å². The molecular weight excluding hydrogens is 373 g/mol. The van der Waals surface area contributed by atoms with Gasteiger partial charge in [0.05, 0.1) is 10.0 Å². The molecule has 4 nitrogen and oxygen atoms in total. The van der Waals surface area contributed by atoms with Gasteiger partial charge < -0.3 is 15.2 Å². The highest BCUT2D eigenvalue weighted by Crippen LogP contribution is 2.23. The van der Waals surface area contributed by atoms with Crippen LogP contribution in [0, 0.1) is 5.92 Å². The molecule has 0 amide bonds. The van der Waals surface area contributed by atoms with Crippen LogP contribution < -0.4 is 10.1 Å². The Bertz CT molecular complexity index is 732. The lowest BCUT2D eigenvalue weighted by Crippen LogP contribution is -2.37. The highest BCUT2D eigenvalue weighted by Gasteiger charge is 2.17. The van der Waals surface area contributed by atoms with Gasteiger partial charge in [-0.15, -0.1) is 0 Å². The maximum atomic E-state index is 11.3. The molecular formula is C20H23Cl2NO3. The fourth-order valence-electron chi connectivity index (χ4n) is 2.48. The first-order valence-electron chi connectivity index (χ1n) is 8.47. The number of halogens is 2. The number of benzene rings is 2. The standard InChI is InChI=1S/C20H23Cl2NO3/c1-13(2)9-19(20(24)25)23-11-14-3-6-16(7-4-14)26-12-15-5-8-17(21)18(22)10-15/h3-8,10,13,19,23H,9,11-12H2,1-2H3,(H,24,25)/t19-/m1/s1. The van der Waals surface area contributed by atoms with Crippen LogP contribution >= 0.6 is 23.2 Å². The van der Waals surface area contributed by atoms with Crippen LogP contribution in [-0.4, -0.2) is 17.1 Å². The van der Waals surface area contributed by atoms with E-state index in [2.05, 4.69) is 5.32 Å². The monoisotopic (exact) mass is 395 g/mol. The number of aliphatic carboxylic acids is 1. The molecule has 1 atom stereocenters. The fourth-order valence-corrected chi connectivity index (χ4v) is 2.80. The van der Waals surface area contributed by atoms with E-state index in [-0.39, 0.29) is 0 Å². The summed E-state index contributed by atoms with van der Waals surface area (Å²) in [7, 11) is 0. The second-order valence-electron chi connectivity index (χ2n) is 6.58. The first kappa shape index (κ1) is 20.6. The van der Waals surface area contributed by atoms with Crippen LogP contribution in [0.25, 0.3) is 0 Å². The molecule has 0 fully saturated rings. The van der Waals surface area contributed by atoms with Crippen molar-refractivity contribution in [2.45, 2.75) is 39.5 Å². The molecule has 0 unspecified atom stereocenters. The Kier molecular flexibility index (Phi) is 7.76. The van der Waals surface area contributed by atoms with E-state index in [4.69, 9.17) is 27.9 Å². The van der Waals surface area contributed by atoms with Gasteiger partial charge in [0.15, 0.2) is 0 Å². The molecule has 2 rings (SSSR count). The molecule has 0 bridgehead atoms. The number of ether oxygens (including phenoxy) is 1. The largest absolute Gasteiger partial charge is 0.489 e. The molecule has 0 saturated carbocycles. The Morgan fingerprint density at radius 2 is 1.73 bits per heavy atom. The average Bonchev–Trinajstić information content (AvgIpc) is 2.60. The highest BCUT2D eigenvalue weighted by atomic mass is 35.5. The van der Waals surface area contributed by atoms with Gasteiger partial charge >= 0.3 is 5.97 Å². The van der Waals surface area contributed by atoms with E-state index in [1.54, 1.807) is 12.1 Å². The molecule has 0 radical (unpaired) electrons. The molecule has 0 heterocycles. The third-order valence-corrected chi connectivity index (χ3v) is 4.61. The number of hydrogen-bond acceptors (Lipinski definition) is 3. The Labute approximate surface area is 164 Å². The van der Waals surface area contributed by atoms with Crippen molar-refractivity contribution in [2.75, 3.05) is 0 Å². The summed E-state index contributed by atoms with van der Waals surface area (Å²) in [6.45, 7) is 4.91. The second kappa shape index (κ2) is 9.81. The molecule has 26 heavy (non-hydrogen) atoms. The molecule has 6 heteroatoms. The zero-order valence-corrected chi connectivity index (χ0v) is 16.3. The van der Waals surface area contributed by atoms with E-state index in [9.17, 15) is 9.90 Å². The van der Waals surface area contributed by atoms with E-state index in [0.717, 1.165) is 16.9 Å². The van der Waals surface area contributed by atoms with Gasteiger partial charge in [-0.1, -0.05) is 55.2 Å². The van der Waals surface area contributed by atoms with Crippen LogP contribution in [0.15, 0.2) is 42.5 Å². The summed E-state index contributed by atoms with van der Waals surface area (Å²) in [5.41, 5.74) is 1.94. The topological polar surface area (TPSA) is 58.6 Å². The number of carbonyl (C=O) groups is 1. The lowest BCUT2D eigenvalue weighted by atomic mass is 10.0. The van der Waals surface area contributed by atoms with E-state index >= 15 is 0 Å². The summed E-state index contributed by atoms with van der Waals surface area (Å²) in [6, 6.07) is 12.4. The predicted molar refractivity (Wildman–Crippen MR) is 105 cm³/mol. The van der Waals surface area contributed by atoms with Gasteiger partial charge in [-0.2, -0.15) is 0 Å². The molecule has 0 aliphatic heterocycles. The fraction of sp³-hybridized carbons (Fsp3) is 0.350. The minimum absolute atomic E-state index is 0.320. The third-order valence-electron chi connectivity index (χ3n) is 3.87. The lowest BCUT2D eigenvalue weighted by Gasteiger charge is -2.16. The zero-order chi connectivity index (χ0) is 19.1. The molecule has 0 saturated heterocycles. The molecule has 2 N–H and O–H groups in total. The summed E-state index contributed by atoms with van der Waals surface area (Å²) in [6.07, 6.45) is 0.597. The normalized spacial score (nSPS) is 12.2. The van der Waals surface area contributed by atoms with Crippen LogP contribution in [0.2, 0.25) is 10.0 Å². The Morgan fingerprint density at radius 1 is 1.08 bits per heavy atom. The minimum atomic E-state index is -0.819. The van der Waals surface area contributed by atoms with E-state index in [1.807, 2.05) is 44.2 Å². The molecule has 140 valence electrons. The summed E-state index contributed by atoms with van der Waals surface area (Å²) in [5.74, 6) is 0.234. The van der Waals surface area contributed by atoms with Gasteiger partial charge in [0.25, 0.3) is 0 Å². The quantitative estimate of drug-likeness (QED) is 0.615. The van der Waals surface area contributed by atoms with Crippen molar-refractivity contribution in [2.24, 2.45) is 5.92 Å². The van der Waals surface area contributed by atoms with Crippen molar-refractivity contribution in [1.29, 1.82) is 0 Å². The molecule has 0 aliphatic rings. The van der Waals surface area contributed by atoms with Crippen molar-refractivity contribution in [3.63, 3.8) is 0 Å². The van der Waals surface area contributed by atoms with E-state index in [1.165, 1.54) is 0 Å². The third kappa shape index (κ3) is 6.52. The van der Waals surface area contributed by atoms with Gasteiger partial charge in [-0.3, -0.25) is 4.79 Å². The second-order valence-corrected chi connectivity index (χ2v) is 7.40. The van der Waals surface area contributed by atoms with Gasteiger partial charge in [0.2, 0.25) is 0 Å². The van der Waals surface area contributed by atoms with E-state index < -0.39 is 12.0 Å². The van der Waals surface area contributed by atoms with Crippen LogP contribution in [-0.2, 0) is 17.9 Å². The smallest absolute Gasteiger partial charge is 0.320 e. The molecule has 0 aromatic heterocycles. The van der Waals surface area contributed by atoms with Crippen molar-refractivity contribution in [3.8, 4) is 5.75 Å². The van der Waals surface area contributed by atoms with Crippen LogP contribution in [0.4, 0.5) is 0 Å². The van der Waals surface area contributed by atoms with Crippen LogP contribution in [0.3, 0.4) is 0 Å². The number of carboxylic acid groups (broad SMARTS) is 1. The SMILES string of the molecule is CC(C)C[C@@H](NCc1ccc(OCc2ccc(Cl)c(Cl)c2)cc1)C(=O)O. The van der Waals surface area contributed by atoms with Crippen LogP contribution in [0.5, 0.6) is 5.75 Å². The van der Waals surface area contributed by atoms with Gasteiger partial charge in [0.1, 0.15) is 18.4 Å². The van der Waals surface area contributed by atoms with Gasteiger partial charge in [-0.25, -0.2) is 0 Å². The number of rotatable bonds is 9. The predicted octanol–water partition coefficient (Wildman–Crippen LogP) is 5.16.